The van der Waals surface area contributed by atoms with Crippen LogP contribution in [0.3, 0.4) is 0 Å². The van der Waals surface area contributed by atoms with Crippen LogP contribution in [0.1, 0.15) is 37.8 Å². The second-order valence-electron chi connectivity index (χ2n) is 6.89. The molecule has 0 saturated carbocycles. The summed E-state index contributed by atoms with van der Waals surface area (Å²) in [7, 11) is 0. The fourth-order valence-electron chi connectivity index (χ4n) is 3.35. The highest BCUT2D eigenvalue weighted by molar-refractivity contribution is 5.83. The number of fused-ring (bicyclic) bond motifs is 1. The summed E-state index contributed by atoms with van der Waals surface area (Å²) in [5, 5.41) is 12.1. The van der Waals surface area contributed by atoms with E-state index in [2.05, 4.69) is 5.32 Å². The summed E-state index contributed by atoms with van der Waals surface area (Å²) < 4.78 is 20.2. The van der Waals surface area contributed by atoms with Crippen molar-refractivity contribution < 1.29 is 13.9 Å². The van der Waals surface area contributed by atoms with Crippen molar-refractivity contribution in [2.24, 2.45) is 0 Å². The third-order valence-electron chi connectivity index (χ3n) is 5.02. The number of ether oxygens (including phenoxy) is 1. The van der Waals surface area contributed by atoms with E-state index in [4.69, 9.17) is 10.00 Å². The van der Waals surface area contributed by atoms with Gasteiger partial charge in [-0.05, 0) is 43.2 Å². The van der Waals surface area contributed by atoms with Crippen LogP contribution >= 0.6 is 0 Å². The second-order valence-corrected chi connectivity index (χ2v) is 6.89. The first-order chi connectivity index (χ1) is 13.5. The molecule has 1 unspecified atom stereocenters. The standard InChI is InChI=1S/C22H24FN3O2/c1-3-17(4-2)25-22(27)21-14-26(19-7-5-6-8-20(19)28-21)13-16-11-15(12-24)9-10-18(16)23/h5-11,17,21H,3-4,13-14H2,1-2H3,(H,25,27). The number of nitriles is 1. The normalized spacial score (nSPS) is 15.5. The largest absolute Gasteiger partial charge is 0.477 e. The average Bonchev–Trinajstić information content (AvgIpc) is 2.73. The minimum absolute atomic E-state index is 0.103. The molecule has 0 spiro atoms. The Morgan fingerprint density at radius 1 is 1.32 bits per heavy atom. The first kappa shape index (κ1) is 19.7. The van der Waals surface area contributed by atoms with Crippen molar-refractivity contribution in [2.75, 3.05) is 11.4 Å². The lowest BCUT2D eigenvalue weighted by Crippen LogP contribution is -2.51. The average molecular weight is 381 g/mol. The van der Waals surface area contributed by atoms with Crippen molar-refractivity contribution in [1.82, 2.24) is 5.32 Å². The zero-order valence-corrected chi connectivity index (χ0v) is 16.1. The molecule has 5 nitrogen and oxygen atoms in total. The van der Waals surface area contributed by atoms with E-state index in [1.54, 1.807) is 12.1 Å². The van der Waals surface area contributed by atoms with Gasteiger partial charge >= 0.3 is 0 Å². The van der Waals surface area contributed by atoms with Crippen molar-refractivity contribution in [2.45, 2.75) is 45.4 Å². The molecule has 1 amide bonds. The third-order valence-corrected chi connectivity index (χ3v) is 5.02. The monoisotopic (exact) mass is 381 g/mol. The van der Waals surface area contributed by atoms with Crippen LogP contribution in [-0.2, 0) is 11.3 Å². The highest BCUT2D eigenvalue weighted by Crippen LogP contribution is 2.34. The van der Waals surface area contributed by atoms with Gasteiger partial charge in [-0.15, -0.1) is 0 Å². The molecule has 3 rings (SSSR count). The summed E-state index contributed by atoms with van der Waals surface area (Å²) in [5.41, 5.74) is 1.62. The number of hydrogen-bond acceptors (Lipinski definition) is 4. The number of nitrogens with zero attached hydrogens (tertiary/aromatic N) is 2. The van der Waals surface area contributed by atoms with Crippen LogP contribution in [0.5, 0.6) is 5.75 Å². The lowest BCUT2D eigenvalue weighted by molar-refractivity contribution is -0.128. The van der Waals surface area contributed by atoms with Crippen molar-refractivity contribution in [1.29, 1.82) is 5.26 Å². The van der Waals surface area contributed by atoms with Crippen molar-refractivity contribution in [3.05, 3.63) is 59.4 Å². The van der Waals surface area contributed by atoms with Crippen LogP contribution in [0, 0.1) is 17.1 Å². The van der Waals surface area contributed by atoms with Crippen LogP contribution in [0.15, 0.2) is 42.5 Å². The first-order valence-electron chi connectivity index (χ1n) is 9.55. The predicted molar refractivity (Wildman–Crippen MR) is 106 cm³/mol. The predicted octanol–water partition coefficient (Wildman–Crippen LogP) is 3.77. The molecule has 1 atom stereocenters. The number of carbonyl (C=O) groups is 1. The van der Waals surface area contributed by atoms with E-state index in [0.29, 0.717) is 23.4 Å². The Kier molecular flexibility index (Phi) is 6.15. The summed E-state index contributed by atoms with van der Waals surface area (Å²) >= 11 is 0. The number of benzene rings is 2. The Hall–Kier alpha value is -3.07. The smallest absolute Gasteiger partial charge is 0.263 e. The topological polar surface area (TPSA) is 65.4 Å². The van der Waals surface area contributed by atoms with Crippen LogP contribution in [0.25, 0.3) is 0 Å². The fourth-order valence-corrected chi connectivity index (χ4v) is 3.35. The molecular weight excluding hydrogens is 357 g/mol. The van der Waals surface area contributed by atoms with Crippen LogP contribution in [0.4, 0.5) is 10.1 Å². The molecule has 0 aliphatic carbocycles. The molecule has 0 bridgehead atoms. The number of para-hydroxylation sites is 2. The Bertz CT molecular complexity index is 890. The van der Waals surface area contributed by atoms with Crippen molar-refractivity contribution in [3.8, 4) is 11.8 Å². The Labute approximate surface area is 164 Å². The number of amides is 1. The van der Waals surface area contributed by atoms with Crippen molar-refractivity contribution >= 4 is 11.6 Å². The van der Waals surface area contributed by atoms with Crippen LogP contribution in [-0.4, -0.2) is 24.6 Å². The molecule has 1 aliphatic heterocycles. The molecule has 1 aliphatic rings. The minimum Gasteiger partial charge on any atom is -0.477 e. The van der Waals surface area contributed by atoms with Gasteiger partial charge in [-0.2, -0.15) is 5.26 Å². The van der Waals surface area contributed by atoms with Gasteiger partial charge in [0.2, 0.25) is 0 Å². The lowest BCUT2D eigenvalue weighted by Gasteiger charge is -2.36. The number of hydrogen-bond donors (Lipinski definition) is 1. The van der Waals surface area contributed by atoms with Gasteiger partial charge in [-0.1, -0.05) is 26.0 Å². The Morgan fingerprint density at radius 2 is 2.07 bits per heavy atom. The first-order valence-corrected chi connectivity index (χ1v) is 9.55. The number of carbonyl (C=O) groups excluding carboxylic acids is 1. The number of rotatable bonds is 6. The van der Waals surface area contributed by atoms with Gasteiger partial charge in [-0.3, -0.25) is 4.79 Å². The molecule has 1 heterocycles. The van der Waals surface area contributed by atoms with E-state index in [-0.39, 0.29) is 24.3 Å². The maximum absolute atomic E-state index is 14.3. The van der Waals surface area contributed by atoms with E-state index in [9.17, 15) is 9.18 Å². The summed E-state index contributed by atoms with van der Waals surface area (Å²) in [5.74, 6) is 0.0516. The van der Waals surface area contributed by atoms with E-state index in [1.807, 2.05) is 43.0 Å². The van der Waals surface area contributed by atoms with E-state index < -0.39 is 6.10 Å². The molecule has 0 saturated heterocycles. The molecule has 146 valence electrons. The second kappa shape index (κ2) is 8.75. The summed E-state index contributed by atoms with van der Waals surface area (Å²) in [6, 6.07) is 13.9. The van der Waals surface area contributed by atoms with E-state index in [1.165, 1.54) is 12.1 Å². The molecule has 28 heavy (non-hydrogen) atoms. The quantitative estimate of drug-likeness (QED) is 0.827. The molecule has 0 radical (unpaired) electrons. The highest BCUT2D eigenvalue weighted by atomic mass is 19.1. The van der Waals surface area contributed by atoms with Gasteiger partial charge in [0.05, 0.1) is 23.9 Å². The van der Waals surface area contributed by atoms with Gasteiger partial charge in [0.25, 0.3) is 5.91 Å². The SMILES string of the molecule is CCC(CC)NC(=O)C1CN(Cc2cc(C#N)ccc2F)c2ccccc2O1. The number of anilines is 1. The number of nitrogens with one attached hydrogen (secondary N) is 1. The van der Waals surface area contributed by atoms with Crippen LogP contribution in [0.2, 0.25) is 0 Å². The Morgan fingerprint density at radius 3 is 2.79 bits per heavy atom. The van der Waals surface area contributed by atoms with Crippen molar-refractivity contribution in [3.63, 3.8) is 0 Å². The molecule has 2 aromatic carbocycles. The molecule has 0 fully saturated rings. The minimum atomic E-state index is -0.683. The highest BCUT2D eigenvalue weighted by Gasteiger charge is 2.31. The third kappa shape index (κ3) is 4.25. The van der Waals surface area contributed by atoms with Crippen LogP contribution < -0.4 is 15.0 Å². The lowest BCUT2D eigenvalue weighted by atomic mass is 10.1. The molecule has 0 aromatic heterocycles. The molecular formula is C22H24FN3O2. The maximum atomic E-state index is 14.3. The van der Waals surface area contributed by atoms with Gasteiger partial charge in [-0.25, -0.2) is 4.39 Å². The number of halogens is 1. The zero-order valence-electron chi connectivity index (χ0n) is 16.1. The Balaban J connectivity index is 1.86. The summed E-state index contributed by atoms with van der Waals surface area (Å²) in [4.78, 5) is 14.6. The zero-order chi connectivity index (χ0) is 20.1. The van der Waals surface area contributed by atoms with Gasteiger partial charge < -0.3 is 15.0 Å². The summed E-state index contributed by atoms with van der Waals surface area (Å²) in [6.45, 7) is 4.61. The maximum Gasteiger partial charge on any atom is 0.263 e. The molecule has 6 heteroatoms. The van der Waals surface area contributed by atoms with Gasteiger partial charge in [0.1, 0.15) is 11.6 Å². The fraction of sp³-hybridized carbons (Fsp3) is 0.364. The van der Waals surface area contributed by atoms with Gasteiger partial charge in [0, 0.05) is 18.2 Å². The molecule has 1 N–H and O–H groups in total. The van der Waals surface area contributed by atoms with E-state index in [0.717, 1.165) is 18.5 Å². The molecule has 2 aromatic rings. The summed E-state index contributed by atoms with van der Waals surface area (Å²) in [6.07, 6.45) is 1.01. The van der Waals surface area contributed by atoms with E-state index >= 15 is 0 Å². The van der Waals surface area contributed by atoms with Gasteiger partial charge in [0.15, 0.2) is 6.10 Å².